The van der Waals surface area contributed by atoms with E-state index in [-0.39, 0.29) is 12.0 Å². The van der Waals surface area contributed by atoms with Crippen molar-refractivity contribution in [3.05, 3.63) is 43.0 Å². The number of rotatable bonds is 11. The molecule has 0 spiro atoms. The molecule has 0 aromatic carbocycles. The fraction of sp³-hybridized carbons (Fsp3) is 0.722. The third-order valence-corrected chi connectivity index (χ3v) is 6.64. The van der Waals surface area contributed by atoms with Crippen molar-refractivity contribution in [2.24, 2.45) is 11.0 Å². The van der Waals surface area contributed by atoms with Gasteiger partial charge >= 0.3 is 25.6 Å². The highest BCUT2D eigenvalue weighted by Crippen LogP contribution is 2.47. The highest BCUT2D eigenvalue weighted by molar-refractivity contribution is 7.51. The Balaban J connectivity index is 2.28. The average Bonchev–Trinajstić information content (AvgIpc) is 3.19. The summed E-state index contributed by atoms with van der Waals surface area (Å²) in [7, 11) is -3.77. The summed E-state index contributed by atoms with van der Waals surface area (Å²) >= 11 is 0. The molecule has 2 rings (SSSR count). The number of methoxy groups -OCH3 is 1. The van der Waals surface area contributed by atoms with E-state index in [1.54, 1.807) is 0 Å². The summed E-state index contributed by atoms with van der Waals surface area (Å²) in [6, 6.07) is -2.33. The quantitative estimate of drug-likeness (QED) is 0.139. The topological polar surface area (TPSA) is 187 Å². The molecule has 18 heteroatoms. The van der Waals surface area contributed by atoms with Crippen LogP contribution in [0.25, 0.3) is 10.4 Å². The van der Waals surface area contributed by atoms with Crippen LogP contribution in [0.4, 0.5) is 13.2 Å². The van der Waals surface area contributed by atoms with Gasteiger partial charge in [-0.2, -0.15) is 13.2 Å². The average molecular weight is 542 g/mol. The van der Waals surface area contributed by atoms with Gasteiger partial charge in [0.15, 0.2) is 6.61 Å². The first-order valence-electron chi connectivity index (χ1n) is 10.5. The zero-order valence-corrected chi connectivity index (χ0v) is 20.6. The largest absolute Gasteiger partial charge is 0.468 e. The number of H-pyrrole nitrogens is 1. The van der Waals surface area contributed by atoms with Gasteiger partial charge in [-0.25, -0.2) is 14.4 Å². The van der Waals surface area contributed by atoms with Crippen molar-refractivity contribution >= 4 is 13.7 Å². The highest BCUT2D eigenvalue weighted by atomic mass is 31.2. The Morgan fingerprint density at radius 2 is 2.08 bits per heavy atom. The number of hydrogen-bond donors (Lipinski definition) is 2. The Kier molecular flexibility index (Phi) is 9.88. The van der Waals surface area contributed by atoms with Gasteiger partial charge in [-0.05, 0) is 18.4 Å². The van der Waals surface area contributed by atoms with Crippen LogP contribution in [-0.2, 0) is 27.9 Å². The summed E-state index contributed by atoms with van der Waals surface area (Å²) in [5.74, 6) is -1.50. The molecule has 0 radical (unpaired) electrons. The standard InChI is InChI=1S/C18H26F3N6O8P/c1-9(2)14(16(29)32-4)25-36(31,34-8-18(19,20)21)33-7-12-11(24-26-22)5-13(35-12)27-6-10(3)15(28)23-17(27)30/h6,9,11-14H,5,7-8H2,1-4H3,(H,25,31)(H,23,28,30)/t11-,12+,13+,14-,36?/m0/s1. The van der Waals surface area contributed by atoms with Crippen LogP contribution in [0.2, 0.25) is 0 Å². The first kappa shape index (κ1) is 29.5. The molecule has 1 saturated heterocycles. The number of nitrogens with one attached hydrogen (secondary N) is 2. The molecule has 5 atom stereocenters. The van der Waals surface area contributed by atoms with Crippen molar-refractivity contribution in [2.75, 3.05) is 20.3 Å². The maximum Gasteiger partial charge on any atom is 0.412 e. The van der Waals surface area contributed by atoms with Crippen LogP contribution < -0.4 is 16.3 Å². The Hall–Kier alpha value is -2.68. The van der Waals surface area contributed by atoms with Crippen molar-refractivity contribution in [2.45, 2.75) is 57.8 Å². The fourth-order valence-corrected chi connectivity index (χ4v) is 4.86. The van der Waals surface area contributed by atoms with Gasteiger partial charge in [0.05, 0.1) is 25.9 Å². The van der Waals surface area contributed by atoms with E-state index in [1.807, 2.05) is 0 Å². The molecule has 1 aliphatic heterocycles. The zero-order valence-electron chi connectivity index (χ0n) is 19.7. The summed E-state index contributed by atoms with van der Waals surface area (Å²) in [6.45, 7) is 1.83. The number of alkyl halides is 3. The van der Waals surface area contributed by atoms with Crippen molar-refractivity contribution in [1.29, 1.82) is 0 Å². The van der Waals surface area contributed by atoms with Gasteiger partial charge in [-0.1, -0.05) is 19.0 Å². The van der Waals surface area contributed by atoms with Crippen LogP contribution in [0, 0.1) is 12.8 Å². The third-order valence-electron chi connectivity index (χ3n) is 5.09. The Bertz CT molecular complexity index is 1150. The van der Waals surface area contributed by atoms with Crippen molar-refractivity contribution in [3.63, 3.8) is 0 Å². The monoisotopic (exact) mass is 542 g/mol. The molecule has 2 N–H and O–H groups in total. The predicted molar refractivity (Wildman–Crippen MR) is 117 cm³/mol. The van der Waals surface area contributed by atoms with Crippen LogP contribution >= 0.6 is 7.75 Å². The lowest BCUT2D eigenvalue weighted by Gasteiger charge is -2.27. The van der Waals surface area contributed by atoms with E-state index in [2.05, 4.69) is 29.4 Å². The number of aryl methyl sites for hydroxylation is 1. The van der Waals surface area contributed by atoms with Crippen molar-refractivity contribution in [1.82, 2.24) is 14.6 Å². The van der Waals surface area contributed by atoms with Crippen molar-refractivity contribution in [3.8, 4) is 0 Å². The van der Waals surface area contributed by atoms with E-state index in [4.69, 9.17) is 14.8 Å². The number of esters is 1. The number of carbonyl (C=O) groups excluding carboxylic acids is 1. The second kappa shape index (κ2) is 12.0. The number of carbonyl (C=O) groups is 1. The van der Waals surface area contributed by atoms with E-state index >= 15 is 0 Å². The van der Waals surface area contributed by atoms with E-state index < -0.39 is 74.7 Å². The smallest absolute Gasteiger partial charge is 0.412 e. The second-order valence-corrected chi connectivity index (χ2v) is 9.94. The maximum absolute atomic E-state index is 13.2. The van der Waals surface area contributed by atoms with Gasteiger partial charge in [0.1, 0.15) is 12.3 Å². The molecule has 1 aromatic rings. The molecule has 0 aliphatic carbocycles. The molecular weight excluding hydrogens is 516 g/mol. The van der Waals surface area contributed by atoms with Crippen LogP contribution in [0.5, 0.6) is 0 Å². The van der Waals surface area contributed by atoms with E-state index in [1.165, 1.54) is 27.0 Å². The summed E-state index contributed by atoms with van der Waals surface area (Å²) in [5, 5.41) is 5.72. The van der Waals surface area contributed by atoms with Gasteiger partial charge in [0.25, 0.3) is 5.56 Å². The second-order valence-electron chi connectivity index (χ2n) is 8.17. The van der Waals surface area contributed by atoms with Gasteiger partial charge in [0, 0.05) is 23.1 Å². The number of nitrogens with zero attached hydrogens (tertiary/aromatic N) is 4. The number of aromatic amines is 1. The van der Waals surface area contributed by atoms with Crippen LogP contribution in [-0.4, -0.2) is 60.2 Å². The number of ether oxygens (including phenoxy) is 2. The molecule has 36 heavy (non-hydrogen) atoms. The molecule has 202 valence electrons. The maximum atomic E-state index is 13.2. The Morgan fingerprint density at radius 1 is 1.42 bits per heavy atom. The van der Waals surface area contributed by atoms with E-state index in [9.17, 15) is 32.1 Å². The molecule has 1 unspecified atom stereocenters. The summed E-state index contributed by atoms with van der Waals surface area (Å²) < 4.78 is 72.6. The first-order valence-corrected chi connectivity index (χ1v) is 12.1. The molecular formula is C18H26F3N6O8P. The molecule has 1 aliphatic rings. The summed E-state index contributed by atoms with van der Waals surface area (Å²) in [4.78, 5) is 40.6. The lowest BCUT2D eigenvalue weighted by molar-refractivity contribution is -0.156. The van der Waals surface area contributed by atoms with Crippen molar-refractivity contribution < 1.29 is 41.1 Å². The molecule has 0 saturated carbocycles. The number of hydrogen-bond acceptors (Lipinski definition) is 9. The molecule has 0 bridgehead atoms. The van der Waals surface area contributed by atoms with Gasteiger partial charge in [-0.15, -0.1) is 0 Å². The van der Waals surface area contributed by atoms with E-state index in [0.29, 0.717) is 0 Å². The Morgan fingerprint density at radius 3 is 2.64 bits per heavy atom. The van der Waals surface area contributed by atoms with E-state index in [0.717, 1.165) is 11.7 Å². The van der Waals surface area contributed by atoms with Gasteiger partial charge in [0.2, 0.25) is 0 Å². The summed E-state index contributed by atoms with van der Waals surface area (Å²) in [5.41, 5.74) is 7.65. The minimum Gasteiger partial charge on any atom is -0.468 e. The van der Waals surface area contributed by atoms with Gasteiger partial charge < -0.3 is 9.47 Å². The van der Waals surface area contributed by atoms with Gasteiger partial charge in [-0.3, -0.25) is 28.2 Å². The van der Waals surface area contributed by atoms with Crippen LogP contribution in [0.1, 0.15) is 32.1 Å². The Labute approximate surface area is 202 Å². The minimum absolute atomic E-state index is 0.0681. The zero-order chi connectivity index (χ0) is 27.3. The first-order chi connectivity index (χ1) is 16.7. The molecule has 0 amide bonds. The SMILES string of the molecule is COC(=O)[C@@H](NP(=O)(OC[C@H]1O[C@@H](n2cc(C)c(=O)[nH]c2=O)C[C@@H]1N=[N+]=[N-])OCC(F)(F)F)C(C)C. The summed E-state index contributed by atoms with van der Waals surface area (Å²) in [6.07, 6.45) is -5.93. The molecule has 14 nitrogen and oxygen atoms in total. The van der Waals surface area contributed by atoms with Crippen LogP contribution in [0.15, 0.2) is 20.9 Å². The third kappa shape index (κ3) is 7.91. The normalized spacial score (nSPS) is 22.6. The number of azide groups is 1. The number of halogens is 3. The minimum atomic E-state index is -4.87. The predicted octanol–water partition coefficient (Wildman–Crippen LogP) is 2.30. The molecule has 1 fully saturated rings. The fourth-order valence-electron chi connectivity index (χ4n) is 3.24. The lowest BCUT2D eigenvalue weighted by atomic mass is 10.1. The number of aromatic nitrogens is 2. The lowest BCUT2D eigenvalue weighted by Crippen LogP contribution is -2.41. The highest BCUT2D eigenvalue weighted by Gasteiger charge is 2.42. The molecule has 2 heterocycles. The molecule has 1 aromatic heterocycles. The van der Waals surface area contributed by atoms with Crippen LogP contribution in [0.3, 0.4) is 0 Å².